The van der Waals surface area contributed by atoms with Gasteiger partial charge in [0.05, 0.1) is 11.9 Å². The molecule has 0 aliphatic carbocycles. The number of aromatic nitrogens is 1. The van der Waals surface area contributed by atoms with Gasteiger partial charge in [-0.1, -0.05) is 30.3 Å². The highest BCUT2D eigenvalue weighted by atomic mass is 19.4. The highest BCUT2D eigenvalue weighted by Crippen LogP contribution is 2.18. The van der Waals surface area contributed by atoms with Crippen LogP contribution in [0, 0.1) is 0 Å². The van der Waals surface area contributed by atoms with Gasteiger partial charge in [-0.3, -0.25) is 4.79 Å². The van der Waals surface area contributed by atoms with E-state index >= 15 is 0 Å². The zero-order valence-electron chi connectivity index (χ0n) is 15.7. The van der Waals surface area contributed by atoms with Crippen LogP contribution in [0.2, 0.25) is 0 Å². The second kappa shape index (κ2) is 10.3. The fourth-order valence-corrected chi connectivity index (χ4v) is 2.27. The van der Waals surface area contributed by atoms with Crippen LogP contribution in [-0.4, -0.2) is 48.2 Å². The third kappa shape index (κ3) is 8.50. The monoisotopic (exact) mass is 410 g/mol. The predicted molar refractivity (Wildman–Crippen MR) is 100 cm³/mol. The molecular weight excluding hydrogens is 389 g/mol. The summed E-state index contributed by atoms with van der Waals surface area (Å²) in [4.78, 5) is 29.1. The van der Waals surface area contributed by atoms with E-state index in [-0.39, 0.29) is 30.8 Å². The molecule has 0 unspecified atom stereocenters. The lowest BCUT2D eigenvalue weighted by Crippen LogP contribution is -2.38. The van der Waals surface area contributed by atoms with Gasteiger partial charge in [-0.05, 0) is 11.6 Å². The van der Waals surface area contributed by atoms with Crippen molar-refractivity contribution in [3.8, 4) is 5.88 Å². The fraction of sp³-hybridized carbons (Fsp3) is 0.316. The van der Waals surface area contributed by atoms with Crippen molar-refractivity contribution in [2.45, 2.75) is 19.1 Å². The first-order valence-corrected chi connectivity index (χ1v) is 8.71. The van der Waals surface area contributed by atoms with E-state index in [1.165, 1.54) is 23.2 Å². The van der Waals surface area contributed by atoms with Gasteiger partial charge < -0.3 is 20.3 Å². The summed E-state index contributed by atoms with van der Waals surface area (Å²) in [7, 11) is 1.65. The number of halogens is 3. The van der Waals surface area contributed by atoms with Gasteiger partial charge in [0.2, 0.25) is 11.8 Å². The number of rotatable bonds is 8. The highest BCUT2D eigenvalue weighted by molar-refractivity contribution is 5.90. The zero-order valence-corrected chi connectivity index (χ0v) is 15.7. The van der Waals surface area contributed by atoms with Crippen molar-refractivity contribution in [1.29, 1.82) is 0 Å². The molecule has 7 nitrogen and oxygen atoms in total. The highest BCUT2D eigenvalue weighted by Gasteiger charge is 2.28. The number of hydrogen-bond acceptors (Lipinski definition) is 4. The standard InChI is InChI=1S/C19H21F3N4O3/c1-26(12-14-5-3-2-4-6-14)18(28)23-10-9-16(27)25-15-7-8-17(24-11-15)29-13-19(20,21)22/h2-8,11H,9-10,12-13H2,1H3,(H,23,28)(H,25,27). The molecule has 2 aromatic rings. The first-order chi connectivity index (χ1) is 13.7. The smallest absolute Gasteiger partial charge is 0.422 e. The average Bonchev–Trinajstić information content (AvgIpc) is 2.67. The van der Waals surface area contributed by atoms with Crippen molar-refractivity contribution < 1.29 is 27.5 Å². The summed E-state index contributed by atoms with van der Waals surface area (Å²) in [6.45, 7) is -0.874. The van der Waals surface area contributed by atoms with Crippen LogP contribution in [0.25, 0.3) is 0 Å². The van der Waals surface area contributed by atoms with E-state index in [1.807, 2.05) is 30.3 Å². The van der Waals surface area contributed by atoms with E-state index in [9.17, 15) is 22.8 Å². The van der Waals surface area contributed by atoms with Crippen molar-refractivity contribution in [2.75, 3.05) is 25.5 Å². The number of hydrogen-bond donors (Lipinski definition) is 2. The number of nitrogens with zero attached hydrogens (tertiary/aromatic N) is 2. The van der Waals surface area contributed by atoms with Crippen molar-refractivity contribution in [3.63, 3.8) is 0 Å². The van der Waals surface area contributed by atoms with Crippen molar-refractivity contribution in [1.82, 2.24) is 15.2 Å². The van der Waals surface area contributed by atoms with E-state index < -0.39 is 12.8 Å². The largest absolute Gasteiger partial charge is 0.468 e. The molecule has 0 saturated heterocycles. The Morgan fingerprint density at radius 1 is 1.14 bits per heavy atom. The Hall–Kier alpha value is -3.30. The Kier molecular flexibility index (Phi) is 7.81. The Balaban J connectivity index is 1.69. The second-order valence-corrected chi connectivity index (χ2v) is 6.16. The Morgan fingerprint density at radius 3 is 2.48 bits per heavy atom. The molecule has 2 N–H and O–H groups in total. The van der Waals surface area contributed by atoms with Gasteiger partial charge in [0.25, 0.3) is 0 Å². The van der Waals surface area contributed by atoms with Crippen molar-refractivity contribution in [2.24, 2.45) is 0 Å². The number of ether oxygens (including phenoxy) is 1. The number of urea groups is 1. The van der Waals surface area contributed by atoms with Crippen LogP contribution in [-0.2, 0) is 11.3 Å². The summed E-state index contributed by atoms with van der Waals surface area (Å²) in [5.41, 5.74) is 1.29. The lowest BCUT2D eigenvalue weighted by molar-refractivity contribution is -0.154. The summed E-state index contributed by atoms with van der Waals surface area (Å²) in [5, 5.41) is 5.18. The van der Waals surface area contributed by atoms with Crippen LogP contribution >= 0.6 is 0 Å². The number of nitrogens with one attached hydrogen (secondary N) is 2. The first kappa shape index (κ1) is 22.0. The molecule has 29 heavy (non-hydrogen) atoms. The molecule has 10 heteroatoms. The number of benzene rings is 1. The van der Waals surface area contributed by atoms with E-state index in [4.69, 9.17) is 0 Å². The molecule has 0 aliphatic rings. The van der Waals surface area contributed by atoms with Gasteiger partial charge >= 0.3 is 12.2 Å². The lowest BCUT2D eigenvalue weighted by atomic mass is 10.2. The predicted octanol–water partition coefficient (Wildman–Crippen LogP) is 3.19. The van der Waals surface area contributed by atoms with E-state index in [2.05, 4.69) is 20.4 Å². The van der Waals surface area contributed by atoms with Crippen LogP contribution < -0.4 is 15.4 Å². The fourth-order valence-electron chi connectivity index (χ4n) is 2.27. The molecule has 0 radical (unpaired) electrons. The normalized spacial score (nSPS) is 10.9. The van der Waals surface area contributed by atoms with Gasteiger partial charge in [-0.25, -0.2) is 9.78 Å². The molecule has 2 rings (SSSR count). The van der Waals surface area contributed by atoms with Gasteiger partial charge in [-0.15, -0.1) is 0 Å². The molecule has 0 bridgehead atoms. The molecule has 0 fully saturated rings. The SMILES string of the molecule is CN(Cc1ccccc1)C(=O)NCCC(=O)Nc1ccc(OCC(F)(F)F)nc1. The van der Waals surface area contributed by atoms with Crippen molar-refractivity contribution in [3.05, 3.63) is 54.2 Å². The number of pyridine rings is 1. The number of anilines is 1. The number of carbonyl (C=O) groups excluding carboxylic acids is 2. The molecule has 3 amide bonds. The van der Waals surface area contributed by atoms with Gasteiger partial charge in [-0.2, -0.15) is 13.2 Å². The van der Waals surface area contributed by atoms with Crippen LogP contribution in [0.3, 0.4) is 0 Å². The summed E-state index contributed by atoms with van der Waals surface area (Å²) in [5.74, 6) is -0.573. The molecule has 1 aromatic heterocycles. The minimum atomic E-state index is -4.45. The maximum atomic E-state index is 12.1. The van der Waals surface area contributed by atoms with E-state index in [0.29, 0.717) is 12.2 Å². The molecule has 1 aromatic carbocycles. The van der Waals surface area contributed by atoms with Gasteiger partial charge in [0, 0.05) is 32.6 Å². The van der Waals surface area contributed by atoms with Crippen LogP contribution in [0.15, 0.2) is 48.7 Å². The Labute approximate surface area is 165 Å². The molecule has 1 heterocycles. The minimum Gasteiger partial charge on any atom is -0.468 e. The second-order valence-electron chi connectivity index (χ2n) is 6.16. The van der Waals surface area contributed by atoms with E-state index in [1.54, 1.807) is 7.05 Å². The quantitative estimate of drug-likeness (QED) is 0.700. The van der Waals surface area contributed by atoms with Crippen LogP contribution in [0.1, 0.15) is 12.0 Å². The lowest BCUT2D eigenvalue weighted by Gasteiger charge is -2.18. The number of alkyl halides is 3. The molecule has 156 valence electrons. The van der Waals surface area contributed by atoms with Crippen molar-refractivity contribution >= 4 is 17.6 Å². The summed E-state index contributed by atoms with van der Waals surface area (Å²) in [6.07, 6.45) is -3.23. The topological polar surface area (TPSA) is 83.6 Å². The third-order valence-corrected chi connectivity index (χ3v) is 3.64. The summed E-state index contributed by atoms with van der Waals surface area (Å²) < 4.78 is 40.7. The number of amides is 3. The Bertz CT molecular complexity index is 799. The van der Waals surface area contributed by atoms with Crippen LogP contribution in [0.4, 0.5) is 23.7 Å². The maximum Gasteiger partial charge on any atom is 0.422 e. The maximum absolute atomic E-state index is 12.1. The molecule has 0 saturated carbocycles. The van der Waals surface area contributed by atoms with Crippen LogP contribution in [0.5, 0.6) is 5.88 Å². The minimum absolute atomic E-state index is 0.0250. The average molecular weight is 410 g/mol. The Morgan fingerprint density at radius 2 is 1.86 bits per heavy atom. The summed E-state index contributed by atoms with van der Waals surface area (Å²) in [6, 6.07) is 11.8. The summed E-state index contributed by atoms with van der Waals surface area (Å²) >= 11 is 0. The van der Waals surface area contributed by atoms with Gasteiger partial charge in [0.15, 0.2) is 6.61 Å². The van der Waals surface area contributed by atoms with E-state index in [0.717, 1.165) is 5.56 Å². The first-order valence-electron chi connectivity index (χ1n) is 8.71. The number of carbonyl (C=O) groups is 2. The zero-order chi connectivity index (χ0) is 21.3. The molecular formula is C19H21F3N4O3. The molecule has 0 atom stereocenters. The van der Waals surface area contributed by atoms with Gasteiger partial charge in [0.1, 0.15) is 0 Å². The third-order valence-electron chi connectivity index (χ3n) is 3.64. The molecule has 0 spiro atoms. The molecule has 0 aliphatic heterocycles.